The number of rotatable bonds is 7. The highest BCUT2D eigenvalue weighted by Gasteiger charge is 2.29. The maximum atomic E-state index is 15.1. The summed E-state index contributed by atoms with van der Waals surface area (Å²) in [7, 11) is 0. The van der Waals surface area contributed by atoms with Crippen molar-refractivity contribution < 1.29 is 17.6 Å². The van der Waals surface area contributed by atoms with Gasteiger partial charge < -0.3 is 0 Å². The molecule has 0 aliphatic heterocycles. The van der Waals surface area contributed by atoms with Crippen LogP contribution in [0.3, 0.4) is 0 Å². The third-order valence-corrected chi connectivity index (χ3v) is 7.38. The molecule has 4 heteroatoms. The molecule has 1 aliphatic carbocycles. The van der Waals surface area contributed by atoms with Crippen LogP contribution in [0.2, 0.25) is 0 Å². The molecule has 0 saturated heterocycles. The lowest BCUT2D eigenvalue weighted by atomic mass is 9.75. The molecule has 0 atom stereocenters. The van der Waals surface area contributed by atoms with Gasteiger partial charge in [0.2, 0.25) is 0 Å². The maximum absolute atomic E-state index is 15.1. The number of hydrogen-bond donors (Lipinski definition) is 0. The monoisotopic (exact) mass is 468 g/mol. The molecule has 0 radical (unpaired) electrons. The minimum atomic E-state index is -0.820. The lowest BCUT2D eigenvalue weighted by Gasteiger charge is -2.30. The Balaban J connectivity index is 1.48. The lowest BCUT2D eigenvalue weighted by molar-refractivity contribution is 0.369. The average Bonchev–Trinajstić information content (AvgIpc) is 2.87. The van der Waals surface area contributed by atoms with E-state index in [1.54, 1.807) is 24.3 Å². The first-order chi connectivity index (χ1) is 16.4. The molecular weight excluding hydrogens is 436 g/mol. The largest absolute Gasteiger partial charge is 0.203 e. The number of benzene rings is 3. The fourth-order valence-electron chi connectivity index (χ4n) is 5.22. The van der Waals surface area contributed by atoms with Gasteiger partial charge >= 0.3 is 0 Å². The highest BCUT2D eigenvalue weighted by molar-refractivity contribution is 5.65. The van der Waals surface area contributed by atoms with Gasteiger partial charge in [-0.05, 0) is 84.6 Å². The van der Waals surface area contributed by atoms with Gasteiger partial charge in [-0.15, -0.1) is 0 Å². The zero-order valence-corrected chi connectivity index (χ0v) is 19.9. The Kier molecular flexibility index (Phi) is 7.75. The summed E-state index contributed by atoms with van der Waals surface area (Å²) in [4.78, 5) is 0. The Hall–Kier alpha value is -2.62. The predicted molar refractivity (Wildman–Crippen MR) is 130 cm³/mol. The summed E-state index contributed by atoms with van der Waals surface area (Å²) in [6, 6.07) is 14.3. The Morgan fingerprint density at radius 1 is 0.647 bits per heavy atom. The van der Waals surface area contributed by atoms with E-state index < -0.39 is 23.3 Å². The first kappa shape index (κ1) is 24.5. The summed E-state index contributed by atoms with van der Waals surface area (Å²) in [5.41, 5.74) is 3.28. The van der Waals surface area contributed by atoms with Crippen molar-refractivity contribution in [2.45, 2.75) is 77.0 Å². The summed E-state index contributed by atoms with van der Waals surface area (Å²) in [6.07, 6.45) is 5.65. The normalized spacial score (nSPS) is 18.3. The quantitative estimate of drug-likeness (QED) is 0.303. The SMILES string of the molecule is CCCCc1ccc(C2CCC(c3ccc(-c4ccc(CC)cc4)c(F)c3F)CC2)c(F)c1F. The van der Waals surface area contributed by atoms with E-state index in [0.29, 0.717) is 54.4 Å². The van der Waals surface area contributed by atoms with Gasteiger partial charge in [-0.25, -0.2) is 17.6 Å². The minimum Gasteiger partial charge on any atom is -0.203 e. The van der Waals surface area contributed by atoms with Gasteiger partial charge in [0.05, 0.1) is 0 Å². The minimum absolute atomic E-state index is 0.102. The van der Waals surface area contributed by atoms with Crippen molar-refractivity contribution in [3.63, 3.8) is 0 Å². The maximum Gasteiger partial charge on any atom is 0.166 e. The van der Waals surface area contributed by atoms with Gasteiger partial charge in [0.25, 0.3) is 0 Å². The molecule has 1 aliphatic rings. The first-order valence-corrected chi connectivity index (χ1v) is 12.5. The number of unbranched alkanes of at least 4 members (excludes halogenated alkanes) is 1. The van der Waals surface area contributed by atoms with E-state index in [0.717, 1.165) is 24.8 Å². The van der Waals surface area contributed by atoms with Crippen molar-refractivity contribution in [2.75, 3.05) is 0 Å². The second-order valence-electron chi connectivity index (χ2n) is 9.47. The van der Waals surface area contributed by atoms with Crippen molar-refractivity contribution in [3.05, 3.63) is 94.1 Å². The Morgan fingerprint density at radius 2 is 1.21 bits per heavy atom. The Labute approximate surface area is 200 Å². The summed E-state index contributed by atoms with van der Waals surface area (Å²) in [5.74, 6) is -3.32. The van der Waals surface area contributed by atoms with Gasteiger partial charge in [0, 0.05) is 5.56 Å². The molecule has 0 bridgehead atoms. The van der Waals surface area contributed by atoms with Crippen LogP contribution in [-0.2, 0) is 12.8 Å². The molecule has 1 saturated carbocycles. The number of halogens is 4. The smallest absolute Gasteiger partial charge is 0.166 e. The second-order valence-corrected chi connectivity index (χ2v) is 9.47. The molecule has 0 nitrogen and oxygen atoms in total. The van der Waals surface area contributed by atoms with Crippen molar-refractivity contribution in [2.24, 2.45) is 0 Å². The fourth-order valence-corrected chi connectivity index (χ4v) is 5.22. The molecule has 1 fully saturated rings. The molecule has 0 heterocycles. The van der Waals surface area contributed by atoms with E-state index in [4.69, 9.17) is 0 Å². The van der Waals surface area contributed by atoms with E-state index >= 15 is 4.39 Å². The zero-order chi connectivity index (χ0) is 24.2. The van der Waals surface area contributed by atoms with Crippen LogP contribution < -0.4 is 0 Å². The van der Waals surface area contributed by atoms with Crippen LogP contribution in [0.25, 0.3) is 11.1 Å². The number of aryl methyl sites for hydroxylation is 2. The molecule has 4 rings (SSSR count). The summed E-state index contributed by atoms with van der Waals surface area (Å²) in [6.45, 7) is 4.07. The molecule has 0 aromatic heterocycles. The van der Waals surface area contributed by atoms with Crippen molar-refractivity contribution in [3.8, 4) is 11.1 Å². The lowest BCUT2D eigenvalue weighted by Crippen LogP contribution is -2.15. The Morgan fingerprint density at radius 3 is 1.76 bits per heavy atom. The third-order valence-electron chi connectivity index (χ3n) is 7.38. The van der Waals surface area contributed by atoms with Crippen LogP contribution in [0.5, 0.6) is 0 Å². The standard InChI is InChI=1S/C30H32F4/c1-3-5-6-23-15-16-24(28(32)27(23)31)21-11-13-22(14-12-21)26-18-17-25(29(33)30(26)34)20-9-7-19(4-2)8-10-20/h7-10,15-18,21-22H,3-6,11-14H2,1-2H3. The van der Waals surface area contributed by atoms with E-state index in [1.807, 2.05) is 38.1 Å². The molecule has 180 valence electrons. The van der Waals surface area contributed by atoms with E-state index in [-0.39, 0.29) is 17.4 Å². The number of hydrogen-bond acceptors (Lipinski definition) is 0. The summed E-state index contributed by atoms with van der Waals surface area (Å²) >= 11 is 0. The van der Waals surface area contributed by atoms with Crippen LogP contribution in [-0.4, -0.2) is 0 Å². The molecule has 0 spiro atoms. The molecule has 0 N–H and O–H groups in total. The van der Waals surface area contributed by atoms with Crippen LogP contribution >= 0.6 is 0 Å². The van der Waals surface area contributed by atoms with Crippen molar-refractivity contribution in [1.82, 2.24) is 0 Å². The topological polar surface area (TPSA) is 0 Å². The zero-order valence-electron chi connectivity index (χ0n) is 19.9. The molecular formula is C30H32F4. The van der Waals surface area contributed by atoms with Crippen LogP contribution in [0, 0.1) is 23.3 Å². The van der Waals surface area contributed by atoms with Gasteiger partial charge in [0.15, 0.2) is 23.3 Å². The van der Waals surface area contributed by atoms with Crippen LogP contribution in [0.4, 0.5) is 17.6 Å². The van der Waals surface area contributed by atoms with Crippen molar-refractivity contribution in [1.29, 1.82) is 0 Å². The van der Waals surface area contributed by atoms with E-state index in [9.17, 15) is 13.2 Å². The van der Waals surface area contributed by atoms with Gasteiger partial charge in [0.1, 0.15) is 0 Å². The molecule has 34 heavy (non-hydrogen) atoms. The van der Waals surface area contributed by atoms with E-state index in [2.05, 4.69) is 0 Å². The molecule has 3 aromatic carbocycles. The predicted octanol–water partition coefficient (Wildman–Crippen LogP) is 9.26. The highest BCUT2D eigenvalue weighted by atomic mass is 19.2. The van der Waals surface area contributed by atoms with Gasteiger partial charge in [-0.1, -0.05) is 68.8 Å². The van der Waals surface area contributed by atoms with E-state index in [1.165, 1.54) is 0 Å². The first-order valence-electron chi connectivity index (χ1n) is 12.5. The third kappa shape index (κ3) is 4.92. The summed E-state index contributed by atoms with van der Waals surface area (Å²) in [5, 5.41) is 0. The second kappa shape index (κ2) is 10.8. The average molecular weight is 469 g/mol. The molecule has 0 amide bonds. The highest BCUT2D eigenvalue weighted by Crippen LogP contribution is 2.43. The van der Waals surface area contributed by atoms with Crippen LogP contribution in [0.1, 0.15) is 86.5 Å². The molecule has 3 aromatic rings. The van der Waals surface area contributed by atoms with Crippen molar-refractivity contribution >= 4 is 0 Å². The fraction of sp³-hybridized carbons (Fsp3) is 0.400. The van der Waals surface area contributed by atoms with Crippen LogP contribution in [0.15, 0.2) is 48.5 Å². The van der Waals surface area contributed by atoms with Gasteiger partial charge in [-0.3, -0.25) is 0 Å². The van der Waals surface area contributed by atoms with Gasteiger partial charge in [-0.2, -0.15) is 0 Å². The molecule has 0 unspecified atom stereocenters. The Bertz CT molecular complexity index is 1130. The summed E-state index contributed by atoms with van der Waals surface area (Å²) < 4.78 is 59.4.